The van der Waals surface area contributed by atoms with Crippen molar-refractivity contribution in [2.45, 2.75) is 12.5 Å². The summed E-state index contributed by atoms with van der Waals surface area (Å²) in [6.45, 7) is 0. The van der Waals surface area contributed by atoms with Crippen LogP contribution >= 0.6 is 11.5 Å². The van der Waals surface area contributed by atoms with Crippen LogP contribution in [-0.4, -0.2) is 9.59 Å². The molecule has 0 radical (unpaired) electrons. The molecule has 3 N–H and O–H groups in total. The van der Waals surface area contributed by atoms with Crippen molar-refractivity contribution < 1.29 is 8.78 Å². The summed E-state index contributed by atoms with van der Waals surface area (Å²) in [7, 11) is 0. The van der Waals surface area contributed by atoms with Crippen LogP contribution in [0.3, 0.4) is 0 Å². The van der Waals surface area contributed by atoms with Crippen LogP contribution in [0.1, 0.15) is 17.3 Å². The van der Waals surface area contributed by atoms with E-state index in [0.717, 1.165) is 6.07 Å². The van der Waals surface area contributed by atoms with Crippen molar-refractivity contribution in [3.63, 3.8) is 0 Å². The topological polar surface area (TPSA) is 63.8 Å². The third kappa shape index (κ3) is 3.02. The Bertz CT molecular complexity index is 469. The molecule has 0 amide bonds. The van der Waals surface area contributed by atoms with E-state index in [0.29, 0.717) is 17.7 Å². The number of hydrogen-bond acceptors (Lipinski definition) is 5. The molecule has 1 aromatic heterocycles. The molecule has 0 fully saturated rings. The molecule has 17 heavy (non-hydrogen) atoms. The molecular weight excluding hydrogens is 246 g/mol. The van der Waals surface area contributed by atoms with E-state index < -0.39 is 11.6 Å². The van der Waals surface area contributed by atoms with Gasteiger partial charge in [0.1, 0.15) is 11.6 Å². The summed E-state index contributed by atoms with van der Waals surface area (Å²) in [5.41, 5.74) is 3.72. The maximum absolute atomic E-state index is 13.0. The van der Waals surface area contributed by atoms with E-state index in [1.165, 1.54) is 23.7 Å². The second-order valence-corrected chi connectivity index (χ2v) is 4.14. The van der Waals surface area contributed by atoms with Gasteiger partial charge in [-0.25, -0.2) is 8.78 Å². The Morgan fingerprint density at radius 2 is 2.00 bits per heavy atom. The van der Waals surface area contributed by atoms with E-state index in [-0.39, 0.29) is 6.04 Å². The van der Waals surface area contributed by atoms with Crippen LogP contribution in [0.25, 0.3) is 0 Å². The molecule has 0 spiro atoms. The van der Waals surface area contributed by atoms with Crippen molar-refractivity contribution in [1.82, 2.24) is 15.0 Å². The summed E-state index contributed by atoms with van der Waals surface area (Å²) in [6.07, 6.45) is 0.344. The number of hydrazine groups is 1. The Kier molecular flexibility index (Phi) is 3.72. The van der Waals surface area contributed by atoms with Gasteiger partial charge in [0.2, 0.25) is 0 Å². The number of aromatic nitrogens is 2. The fourth-order valence-corrected chi connectivity index (χ4v) is 2.05. The molecule has 0 aliphatic heterocycles. The molecule has 0 saturated heterocycles. The van der Waals surface area contributed by atoms with Gasteiger partial charge in [0.25, 0.3) is 0 Å². The standard InChI is InChI=1S/C10H10F2N4S/c11-7-1-6(2-8(12)4-7)3-9(14-13)10-5-17-16-15-10/h1-2,4-5,9,14H,3,13H2. The third-order valence-corrected chi connectivity index (χ3v) is 2.82. The highest BCUT2D eigenvalue weighted by Gasteiger charge is 2.14. The number of nitrogens with one attached hydrogen (secondary N) is 1. The highest BCUT2D eigenvalue weighted by atomic mass is 32.1. The third-order valence-electron chi connectivity index (χ3n) is 2.30. The quantitative estimate of drug-likeness (QED) is 0.643. The van der Waals surface area contributed by atoms with Crippen molar-refractivity contribution in [3.05, 3.63) is 46.5 Å². The first kappa shape index (κ1) is 12.0. The molecule has 1 heterocycles. The molecule has 1 atom stereocenters. The normalized spacial score (nSPS) is 12.6. The maximum atomic E-state index is 13.0. The monoisotopic (exact) mass is 256 g/mol. The average molecular weight is 256 g/mol. The van der Waals surface area contributed by atoms with Crippen molar-refractivity contribution >= 4 is 11.5 Å². The van der Waals surface area contributed by atoms with Crippen LogP contribution in [-0.2, 0) is 6.42 Å². The lowest BCUT2D eigenvalue weighted by Gasteiger charge is -2.12. The first-order valence-electron chi connectivity index (χ1n) is 4.87. The molecule has 90 valence electrons. The summed E-state index contributed by atoms with van der Waals surface area (Å²) in [5, 5.41) is 5.60. The Balaban J connectivity index is 2.18. The van der Waals surface area contributed by atoms with Crippen molar-refractivity contribution in [2.75, 3.05) is 0 Å². The smallest absolute Gasteiger partial charge is 0.126 e. The van der Waals surface area contributed by atoms with Gasteiger partial charge in [-0.3, -0.25) is 11.3 Å². The fraction of sp³-hybridized carbons (Fsp3) is 0.200. The van der Waals surface area contributed by atoms with E-state index >= 15 is 0 Å². The van der Waals surface area contributed by atoms with Crippen LogP contribution in [0.15, 0.2) is 23.6 Å². The Morgan fingerprint density at radius 1 is 1.29 bits per heavy atom. The highest BCUT2D eigenvalue weighted by Crippen LogP contribution is 2.18. The van der Waals surface area contributed by atoms with Crippen LogP contribution in [0.2, 0.25) is 0 Å². The molecule has 1 aromatic carbocycles. The van der Waals surface area contributed by atoms with Crippen molar-refractivity contribution in [2.24, 2.45) is 5.84 Å². The minimum absolute atomic E-state index is 0.310. The number of benzene rings is 1. The molecule has 0 saturated carbocycles. The van der Waals surface area contributed by atoms with Gasteiger partial charge in [0.15, 0.2) is 0 Å². The molecular formula is C10H10F2N4S. The maximum Gasteiger partial charge on any atom is 0.126 e. The molecule has 2 rings (SSSR count). The second kappa shape index (κ2) is 5.26. The first-order valence-corrected chi connectivity index (χ1v) is 5.70. The summed E-state index contributed by atoms with van der Waals surface area (Å²) < 4.78 is 29.7. The Labute approximate surface area is 101 Å². The average Bonchev–Trinajstić information content (AvgIpc) is 2.77. The minimum Gasteiger partial charge on any atom is -0.271 e. The fourth-order valence-electron chi connectivity index (χ4n) is 1.54. The molecule has 1 unspecified atom stereocenters. The SMILES string of the molecule is NNC(Cc1cc(F)cc(F)c1)c1csnn1. The number of nitrogens with two attached hydrogens (primary N) is 1. The van der Waals surface area contributed by atoms with Crippen molar-refractivity contribution in [3.8, 4) is 0 Å². The lowest BCUT2D eigenvalue weighted by molar-refractivity contribution is 0.528. The van der Waals surface area contributed by atoms with Gasteiger partial charge in [0.05, 0.1) is 11.7 Å². The van der Waals surface area contributed by atoms with Gasteiger partial charge in [-0.15, -0.1) is 5.10 Å². The number of rotatable bonds is 4. The Hall–Kier alpha value is -1.44. The summed E-state index contributed by atoms with van der Waals surface area (Å²) in [4.78, 5) is 0. The van der Waals surface area contributed by atoms with Gasteiger partial charge in [-0.2, -0.15) is 0 Å². The number of hydrogen-bond donors (Lipinski definition) is 2. The van der Waals surface area contributed by atoms with Gasteiger partial charge in [-0.05, 0) is 35.6 Å². The largest absolute Gasteiger partial charge is 0.271 e. The molecule has 0 aliphatic carbocycles. The molecule has 2 aromatic rings. The van der Waals surface area contributed by atoms with E-state index in [1.807, 2.05) is 0 Å². The van der Waals surface area contributed by atoms with Crippen LogP contribution in [0.4, 0.5) is 8.78 Å². The zero-order chi connectivity index (χ0) is 12.3. The van der Waals surface area contributed by atoms with Crippen molar-refractivity contribution in [1.29, 1.82) is 0 Å². The summed E-state index contributed by atoms with van der Waals surface area (Å²) in [6, 6.07) is 3.06. The molecule has 0 bridgehead atoms. The van der Waals surface area contributed by atoms with Crippen LogP contribution < -0.4 is 11.3 Å². The highest BCUT2D eigenvalue weighted by molar-refractivity contribution is 7.03. The van der Waals surface area contributed by atoms with Crippen LogP contribution in [0, 0.1) is 11.6 Å². The number of halogens is 2. The van der Waals surface area contributed by atoms with Gasteiger partial charge in [0, 0.05) is 11.4 Å². The first-order chi connectivity index (χ1) is 8.19. The molecule has 0 aliphatic rings. The van der Waals surface area contributed by atoms with E-state index in [2.05, 4.69) is 15.0 Å². The molecule has 7 heteroatoms. The Morgan fingerprint density at radius 3 is 2.53 bits per heavy atom. The second-order valence-electron chi connectivity index (χ2n) is 3.53. The summed E-state index contributed by atoms with van der Waals surface area (Å²) >= 11 is 1.20. The van der Waals surface area contributed by atoms with Crippen LogP contribution in [0.5, 0.6) is 0 Å². The lowest BCUT2D eigenvalue weighted by atomic mass is 10.0. The zero-order valence-corrected chi connectivity index (χ0v) is 9.55. The van der Waals surface area contributed by atoms with E-state index in [9.17, 15) is 8.78 Å². The predicted octanol–water partition coefficient (Wildman–Crippen LogP) is 1.56. The van der Waals surface area contributed by atoms with Gasteiger partial charge < -0.3 is 0 Å². The zero-order valence-electron chi connectivity index (χ0n) is 8.73. The van der Waals surface area contributed by atoms with E-state index in [1.54, 1.807) is 5.38 Å². The summed E-state index contributed by atoms with van der Waals surface area (Å²) in [5.74, 6) is 4.18. The number of nitrogens with zero attached hydrogens (tertiary/aromatic N) is 2. The lowest BCUT2D eigenvalue weighted by Crippen LogP contribution is -2.29. The van der Waals surface area contributed by atoms with Gasteiger partial charge >= 0.3 is 0 Å². The predicted molar refractivity (Wildman–Crippen MR) is 60.0 cm³/mol. The van der Waals surface area contributed by atoms with E-state index in [4.69, 9.17) is 5.84 Å². The minimum atomic E-state index is -0.604. The van der Waals surface area contributed by atoms with Gasteiger partial charge in [-0.1, -0.05) is 4.49 Å². The molecule has 4 nitrogen and oxygen atoms in total.